The largest absolute Gasteiger partial charge is 1.00 e. The second-order valence-corrected chi connectivity index (χ2v) is 2.45. The molecule has 0 fully saturated rings. The molecule has 0 heterocycles. The predicted octanol–water partition coefficient (Wildman–Crippen LogP) is -11.5. The Hall–Kier alpha value is 3.21. The summed E-state index contributed by atoms with van der Waals surface area (Å²) in [5.41, 5.74) is 0. The molecule has 5 nitrogen and oxygen atoms in total. The van der Waals surface area contributed by atoms with Gasteiger partial charge in [-0.25, -0.2) is 0 Å². The van der Waals surface area contributed by atoms with Crippen LogP contribution in [0.25, 0.3) is 0 Å². The predicted molar refractivity (Wildman–Crippen MR) is 25.4 cm³/mol. The molecule has 0 rings (SSSR count). The summed E-state index contributed by atoms with van der Waals surface area (Å²) in [5.74, 6) is 0. The van der Waals surface area contributed by atoms with E-state index in [4.69, 9.17) is 13.3 Å². The van der Waals surface area contributed by atoms with Gasteiger partial charge in [0.05, 0.1) is 0 Å². The molecule has 0 saturated carbocycles. The van der Waals surface area contributed by atoms with E-state index in [1.54, 1.807) is 0 Å². The molecule has 0 amide bonds. The van der Waals surface area contributed by atoms with E-state index in [1.165, 1.54) is 0 Å². The maximum atomic E-state index is 8.89. The van der Waals surface area contributed by atoms with Gasteiger partial charge in [-0.2, -0.15) is 0 Å². The molecule has 10 heavy (non-hydrogen) atoms. The van der Waals surface area contributed by atoms with Crippen LogP contribution in [-0.2, 0) is 20.2 Å². The van der Waals surface area contributed by atoms with Crippen molar-refractivity contribution in [1.29, 1.82) is 0 Å². The molecule has 0 atom stereocenters. The van der Waals surface area contributed by atoms with Gasteiger partial charge in [0, 0.05) is 0 Å². The third kappa shape index (κ3) is 113. The Balaban J connectivity index is -0.00000000533. The second kappa shape index (κ2) is 18.1. The summed E-state index contributed by atoms with van der Waals surface area (Å²) in [5, 5.41) is 0. The molecule has 50 valence electrons. The Morgan fingerprint density at radius 1 is 1.10 bits per heavy atom. The molecule has 0 aromatic heterocycles. The van der Waals surface area contributed by atoms with Crippen LogP contribution in [0.1, 0.15) is 1.43 Å². The Labute approximate surface area is 132 Å². The molecule has 0 radical (unpaired) electrons. The van der Waals surface area contributed by atoms with Crippen LogP contribution < -0.4 is 88.7 Å². The first-order valence-electron chi connectivity index (χ1n) is 0.667. The van der Waals surface area contributed by atoms with E-state index in [1.807, 2.05) is 0 Å². The molecular weight excluding hydrogens is 213 g/mol. The van der Waals surface area contributed by atoms with Crippen molar-refractivity contribution in [3.63, 3.8) is 0 Å². The molecule has 10 heteroatoms. The van der Waals surface area contributed by atoms with E-state index in [-0.39, 0.29) is 101 Å². The molecule has 4 N–H and O–H groups in total. The van der Waals surface area contributed by atoms with Crippen molar-refractivity contribution >= 4 is 20.2 Å². The van der Waals surface area contributed by atoms with Crippen LogP contribution in [0.4, 0.5) is 0 Å². The van der Waals surface area contributed by atoms with E-state index in [0.717, 1.165) is 0 Å². The van der Waals surface area contributed by atoms with Crippen molar-refractivity contribution in [3.8, 4) is 0 Å². The first kappa shape index (κ1) is 37.9. The average Bonchev–Trinajstić information content (AvgIpc) is 0.722. The van der Waals surface area contributed by atoms with Crippen LogP contribution in [0.5, 0.6) is 0 Å². The van der Waals surface area contributed by atoms with Gasteiger partial charge in [0.15, 0.2) is 0 Å². The summed E-state index contributed by atoms with van der Waals surface area (Å²) in [6.45, 7) is 0. The SMILES string of the molecule is O.O.O=S([O-])([O-])=S.[H-].[Na+].[Na+].[Na+]. The molecule has 0 aliphatic carbocycles. The minimum atomic E-state index is -4.33. The minimum Gasteiger partial charge on any atom is -1.00 e. The van der Waals surface area contributed by atoms with Crippen molar-refractivity contribution in [2.24, 2.45) is 0 Å². The zero-order valence-corrected chi connectivity index (χ0v) is 13.7. The second-order valence-electron chi connectivity index (χ2n) is 0.408. The first-order valence-corrected chi connectivity index (χ1v) is 3.00. The zero-order valence-electron chi connectivity index (χ0n) is 7.04. The van der Waals surface area contributed by atoms with Crippen molar-refractivity contribution in [1.82, 2.24) is 0 Å². The normalized spacial score (nSPS) is 5.80. The number of hydrogen-bond acceptors (Lipinski definition) is 4. The number of rotatable bonds is 0. The van der Waals surface area contributed by atoms with Crippen LogP contribution in [0.2, 0.25) is 0 Å². The maximum absolute atomic E-state index is 8.89. The molecular formula is H5Na3O5S2. The van der Waals surface area contributed by atoms with Gasteiger partial charge in [-0.1, -0.05) is 0 Å². The Bertz CT molecular complexity index is 103. The van der Waals surface area contributed by atoms with Gasteiger partial charge >= 0.3 is 88.7 Å². The average molecular weight is 218 g/mol. The molecule has 0 spiro atoms. The van der Waals surface area contributed by atoms with Gasteiger partial charge in [0.25, 0.3) is 0 Å². The fourth-order valence-electron chi connectivity index (χ4n) is 0. The van der Waals surface area contributed by atoms with Crippen LogP contribution in [0.3, 0.4) is 0 Å². The Kier molecular flexibility index (Phi) is 68.5. The topological polar surface area (TPSA) is 126 Å². The van der Waals surface area contributed by atoms with E-state index < -0.39 is 9.05 Å². The molecule has 0 aliphatic heterocycles. The van der Waals surface area contributed by atoms with Gasteiger partial charge in [-0.3, -0.25) is 4.21 Å². The maximum Gasteiger partial charge on any atom is 1.00 e. The third-order valence-electron chi connectivity index (χ3n) is 0. The molecule has 0 aliphatic rings. The quantitative estimate of drug-likeness (QED) is 0.374. The van der Waals surface area contributed by atoms with Gasteiger partial charge in [0.2, 0.25) is 0 Å². The zero-order chi connectivity index (χ0) is 4.50. The Morgan fingerprint density at radius 3 is 1.10 bits per heavy atom. The molecule has 0 saturated heterocycles. The van der Waals surface area contributed by atoms with Crippen LogP contribution in [-0.4, -0.2) is 24.3 Å². The van der Waals surface area contributed by atoms with Crippen molar-refractivity contribution in [2.75, 3.05) is 0 Å². The molecule has 0 unspecified atom stereocenters. The molecule has 0 aromatic carbocycles. The van der Waals surface area contributed by atoms with Crippen LogP contribution >= 0.6 is 0 Å². The van der Waals surface area contributed by atoms with E-state index in [0.29, 0.717) is 0 Å². The summed E-state index contributed by atoms with van der Waals surface area (Å²) in [6, 6.07) is 0. The van der Waals surface area contributed by atoms with Crippen molar-refractivity contribution < 1.29 is 114 Å². The van der Waals surface area contributed by atoms with Gasteiger partial charge in [0.1, 0.15) is 0 Å². The fourth-order valence-corrected chi connectivity index (χ4v) is 0. The van der Waals surface area contributed by atoms with Crippen LogP contribution in [0, 0.1) is 0 Å². The number of hydrogen-bond donors (Lipinski definition) is 0. The Morgan fingerprint density at radius 2 is 1.10 bits per heavy atom. The smallest absolute Gasteiger partial charge is 1.00 e. The minimum absolute atomic E-state index is 0. The van der Waals surface area contributed by atoms with Crippen molar-refractivity contribution in [2.45, 2.75) is 0 Å². The first-order chi connectivity index (χ1) is 2.00. The van der Waals surface area contributed by atoms with Gasteiger partial charge in [-0.05, 0) is 11.2 Å². The summed E-state index contributed by atoms with van der Waals surface area (Å²) in [7, 11) is -4.33. The van der Waals surface area contributed by atoms with Gasteiger partial charge < -0.3 is 21.5 Å². The van der Waals surface area contributed by atoms with E-state index in [9.17, 15) is 0 Å². The summed E-state index contributed by atoms with van der Waals surface area (Å²) >= 11 is 3.24. The van der Waals surface area contributed by atoms with E-state index >= 15 is 0 Å². The van der Waals surface area contributed by atoms with E-state index in [2.05, 4.69) is 11.2 Å². The standard InChI is InChI=1S/3Na.H2O3S2.2H2O.H/c;;;1-5(2,3)4;;;/h;;;(H2,1,2,3,4);2*1H2;/q3*+1;;;;-1/p-2. The fraction of sp³-hybridized carbons (Fsp3) is 0. The summed E-state index contributed by atoms with van der Waals surface area (Å²) in [4.78, 5) is 0. The monoisotopic (exact) mass is 218 g/mol. The molecule has 0 aromatic rings. The van der Waals surface area contributed by atoms with Crippen LogP contribution in [0.15, 0.2) is 0 Å². The summed E-state index contributed by atoms with van der Waals surface area (Å²) in [6.07, 6.45) is 0. The third-order valence-corrected chi connectivity index (χ3v) is 0. The van der Waals surface area contributed by atoms with Crippen molar-refractivity contribution in [3.05, 3.63) is 0 Å². The molecule has 0 bridgehead atoms. The summed E-state index contributed by atoms with van der Waals surface area (Å²) < 4.78 is 26.7. The van der Waals surface area contributed by atoms with Gasteiger partial charge in [-0.15, -0.1) is 9.05 Å².